The minimum absolute atomic E-state index is 0.0245. The van der Waals surface area contributed by atoms with E-state index >= 15 is 0 Å². The maximum absolute atomic E-state index is 12.4. The van der Waals surface area contributed by atoms with Crippen LogP contribution >= 0.6 is 0 Å². The lowest BCUT2D eigenvalue weighted by Crippen LogP contribution is -2.22. The van der Waals surface area contributed by atoms with Crippen molar-refractivity contribution in [2.24, 2.45) is 5.73 Å². The monoisotopic (exact) mass is 530 g/mol. The Morgan fingerprint density at radius 1 is 0.949 bits per heavy atom. The number of nitriles is 1. The predicted molar refractivity (Wildman–Crippen MR) is 143 cm³/mol. The van der Waals surface area contributed by atoms with E-state index in [4.69, 9.17) is 34.2 Å². The summed E-state index contributed by atoms with van der Waals surface area (Å²) in [7, 11) is 3.14. The van der Waals surface area contributed by atoms with E-state index in [0.717, 1.165) is 18.4 Å². The fourth-order valence-electron chi connectivity index (χ4n) is 4.13. The summed E-state index contributed by atoms with van der Waals surface area (Å²) < 4.78 is 33.2. The second-order valence-corrected chi connectivity index (χ2v) is 8.68. The minimum Gasteiger partial charge on any atom is -0.497 e. The van der Waals surface area contributed by atoms with Crippen molar-refractivity contribution < 1.29 is 33.2 Å². The van der Waals surface area contributed by atoms with E-state index in [2.05, 4.69) is 13.0 Å². The van der Waals surface area contributed by atoms with Crippen LogP contribution in [0.2, 0.25) is 0 Å². The number of fused-ring (bicyclic) bond motifs is 1. The average molecular weight is 531 g/mol. The molecule has 39 heavy (non-hydrogen) atoms. The van der Waals surface area contributed by atoms with Crippen LogP contribution in [-0.4, -0.2) is 33.4 Å². The van der Waals surface area contributed by atoms with Crippen LogP contribution in [0.4, 0.5) is 0 Å². The van der Waals surface area contributed by atoms with Crippen LogP contribution < -0.4 is 34.2 Å². The van der Waals surface area contributed by atoms with Crippen molar-refractivity contribution in [3.8, 4) is 40.6 Å². The van der Waals surface area contributed by atoms with Crippen molar-refractivity contribution in [3.05, 3.63) is 83.2 Å². The van der Waals surface area contributed by atoms with Gasteiger partial charge in [0.25, 0.3) is 0 Å². The van der Waals surface area contributed by atoms with E-state index in [-0.39, 0.29) is 23.8 Å². The Morgan fingerprint density at radius 2 is 1.69 bits per heavy atom. The third-order valence-electron chi connectivity index (χ3n) is 6.11. The molecule has 0 spiro atoms. The maximum Gasteiger partial charge on any atom is 0.349 e. The van der Waals surface area contributed by atoms with Crippen molar-refractivity contribution in [2.45, 2.75) is 25.7 Å². The number of benzene rings is 3. The summed E-state index contributed by atoms with van der Waals surface area (Å²) in [5.74, 6) is 1.85. The molecule has 0 fully saturated rings. The van der Waals surface area contributed by atoms with Gasteiger partial charge in [-0.15, -0.1) is 0 Å². The highest BCUT2D eigenvalue weighted by Crippen LogP contribution is 2.45. The van der Waals surface area contributed by atoms with Gasteiger partial charge in [0.15, 0.2) is 18.1 Å². The Balaban J connectivity index is 1.53. The number of allylic oxidation sites excluding steroid dienone is 1. The molecule has 0 bridgehead atoms. The van der Waals surface area contributed by atoms with E-state index in [1.54, 1.807) is 56.7 Å². The number of unbranched alkanes of at least 4 members (excludes halogenated alkanes) is 1. The molecule has 4 rings (SSSR count). The van der Waals surface area contributed by atoms with Gasteiger partial charge in [0, 0.05) is 11.6 Å². The molecule has 2 N–H and O–H groups in total. The zero-order valence-corrected chi connectivity index (χ0v) is 22.1. The summed E-state index contributed by atoms with van der Waals surface area (Å²) in [6.07, 6.45) is 1.94. The van der Waals surface area contributed by atoms with Crippen LogP contribution in [0.3, 0.4) is 0 Å². The zero-order valence-electron chi connectivity index (χ0n) is 22.1. The minimum atomic E-state index is -0.595. The zero-order chi connectivity index (χ0) is 27.8. The van der Waals surface area contributed by atoms with Crippen LogP contribution in [0.15, 0.2) is 72.1 Å². The first-order valence-corrected chi connectivity index (χ1v) is 12.5. The second-order valence-electron chi connectivity index (χ2n) is 8.68. The first-order valence-electron chi connectivity index (χ1n) is 12.5. The summed E-state index contributed by atoms with van der Waals surface area (Å²) in [5, 5.41) is 9.88. The van der Waals surface area contributed by atoms with Gasteiger partial charge in [0.2, 0.25) is 5.88 Å². The van der Waals surface area contributed by atoms with Crippen molar-refractivity contribution in [1.82, 2.24) is 0 Å². The normalized spacial score (nSPS) is 13.9. The molecule has 0 amide bonds. The lowest BCUT2D eigenvalue weighted by atomic mass is 9.83. The molecular weight excluding hydrogens is 500 g/mol. The summed E-state index contributed by atoms with van der Waals surface area (Å²) >= 11 is 0. The number of nitrogens with two attached hydrogens (primary N) is 1. The third-order valence-corrected chi connectivity index (χ3v) is 6.11. The number of hydrogen-bond donors (Lipinski definition) is 1. The SMILES string of the molecule is CCCCOc1ccc(C2C(C#N)=C(N)Oc3cc(OC(=O)COc4ccc(OC)cc4)ccc32)cc1OC. The van der Waals surface area contributed by atoms with Gasteiger partial charge in [-0.2, -0.15) is 5.26 Å². The number of carbonyl (C=O) groups excluding carboxylic acids is 1. The molecule has 0 aromatic heterocycles. The molecular formula is C30H30N2O7. The lowest BCUT2D eigenvalue weighted by molar-refractivity contribution is -0.136. The highest BCUT2D eigenvalue weighted by molar-refractivity contribution is 5.74. The number of methoxy groups -OCH3 is 2. The van der Waals surface area contributed by atoms with Gasteiger partial charge in [-0.1, -0.05) is 25.5 Å². The Kier molecular flexibility index (Phi) is 8.79. The first kappa shape index (κ1) is 27.2. The Hall–Kier alpha value is -4.84. The van der Waals surface area contributed by atoms with Crippen LogP contribution in [0, 0.1) is 11.3 Å². The maximum atomic E-state index is 12.4. The molecule has 1 atom stereocenters. The van der Waals surface area contributed by atoms with Gasteiger partial charge in [0.1, 0.15) is 34.6 Å². The average Bonchev–Trinajstić information content (AvgIpc) is 2.95. The molecule has 1 heterocycles. The molecule has 0 aliphatic carbocycles. The molecule has 9 nitrogen and oxygen atoms in total. The molecule has 0 saturated carbocycles. The molecule has 202 valence electrons. The predicted octanol–water partition coefficient (Wildman–Crippen LogP) is 5.09. The highest BCUT2D eigenvalue weighted by atomic mass is 16.6. The quantitative estimate of drug-likeness (QED) is 0.205. The molecule has 1 aliphatic heterocycles. The Morgan fingerprint density at radius 3 is 2.38 bits per heavy atom. The first-order chi connectivity index (χ1) is 19.0. The molecule has 1 unspecified atom stereocenters. The number of nitrogens with zero attached hydrogens (tertiary/aromatic N) is 1. The molecule has 3 aromatic rings. The van der Waals surface area contributed by atoms with Gasteiger partial charge in [-0.05, 0) is 54.4 Å². The van der Waals surface area contributed by atoms with Gasteiger partial charge in [0.05, 0.1) is 26.7 Å². The molecule has 1 aliphatic rings. The lowest BCUT2D eigenvalue weighted by Gasteiger charge is -2.27. The van der Waals surface area contributed by atoms with Crippen molar-refractivity contribution >= 4 is 5.97 Å². The molecule has 0 radical (unpaired) electrons. The summed E-state index contributed by atoms with van der Waals surface area (Å²) in [4.78, 5) is 12.4. The standard InChI is InChI=1S/C30H30N2O7/c1-4-5-14-36-25-13-6-19(15-27(25)35-3)29-23-12-11-22(16-26(23)39-30(32)24(29)17-31)38-28(33)18-37-21-9-7-20(34-2)8-10-21/h6-13,15-16,29H,4-5,14,18,32H2,1-3H3. The van der Waals surface area contributed by atoms with E-state index in [9.17, 15) is 10.1 Å². The second kappa shape index (κ2) is 12.6. The number of rotatable bonds is 11. The van der Waals surface area contributed by atoms with E-state index in [1.165, 1.54) is 0 Å². The number of esters is 1. The van der Waals surface area contributed by atoms with Gasteiger partial charge >= 0.3 is 5.97 Å². The number of hydrogen-bond acceptors (Lipinski definition) is 9. The van der Waals surface area contributed by atoms with Crippen molar-refractivity contribution in [1.29, 1.82) is 5.26 Å². The van der Waals surface area contributed by atoms with Crippen LogP contribution in [-0.2, 0) is 4.79 Å². The molecule has 0 saturated heterocycles. The third kappa shape index (κ3) is 6.36. The molecule has 9 heteroatoms. The Labute approximate surface area is 227 Å². The summed E-state index contributed by atoms with van der Waals surface area (Å²) in [5.41, 5.74) is 7.87. The van der Waals surface area contributed by atoms with Crippen molar-refractivity contribution in [2.75, 3.05) is 27.4 Å². The van der Waals surface area contributed by atoms with Crippen LogP contribution in [0.1, 0.15) is 36.8 Å². The van der Waals surface area contributed by atoms with Gasteiger partial charge in [-0.25, -0.2) is 4.79 Å². The largest absolute Gasteiger partial charge is 0.497 e. The van der Waals surface area contributed by atoms with E-state index < -0.39 is 11.9 Å². The van der Waals surface area contributed by atoms with Crippen LogP contribution in [0.5, 0.6) is 34.5 Å². The fourth-order valence-corrected chi connectivity index (χ4v) is 4.13. The van der Waals surface area contributed by atoms with Crippen molar-refractivity contribution in [3.63, 3.8) is 0 Å². The number of ether oxygens (including phenoxy) is 6. The van der Waals surface area contributed by atoms with Gasteiger partial charge < -0.3 is 34.2 Å². The summed E-state index contributed by atoms with van der Waals surface area (Å²) in [6, 6.07) is 19.5. The van der Waals surface area contributed by atoms with Gasteiger partial charge in [-0.3, -0.25) is 0 Å². The highest BCUT2D eigenvalue weighted by Gasteiger charge is 2.31. The Bertz CT molecular complexity index is 1390. The number of carbonyl (C=O) groups is 1. The fraction of sp³-hybridized carbons (Fsp3) is 0.267. The summed E-state index contributed by atoms with van der Waals surface area (Å²) in [6.45, 7) is 2.38. The van der Waals surface area contributed by atoms with E-state index in [0.29, 0.717) is 40.9 Å². The topological polar surface area (TPSA) is 122 Å². The van der Waals surface area contributed by atoms with Crippen LogP contribution in [0.25, 0.3) is 0 Å². The van der Waals surface area contributed by atoms with E-state index in [1.807, 2.05) is 18.2 Å². The smallest absolute Gasteiger partial charge is 0.349 e. The molecule has 3 aromatic carbocycles.